The number of allylic oxidation sites excluding steroid dienone is 1. The van der Waals surface area contributed by atoms with E-state index in [2.05, 4.69) is 170 Å². The summed E-state index contributed by atoms with van der Waals surface area (Å²) in [7, 11) is 0. The molecule has 11 rings (SSSR count). The van der Waals surface area contributed by atoms with Crippen LogP contribution in [0.5, 0.6) is 0 Å². The molecule has 0 saturated carbocycles. The number of para-hydroxylation sites is 1. The van der Waals surface area contributed by atoms with E-state index in [-0.39, 0.29) is 0 Å². The molecule has 8 aromatic carbocycles. The lowest BCUT2D eigenvalue weighted by molar-refractivity contribution is 0.545. The van der Waals surface area contributed by atoms with Crippen LogP contribution in [0, 0.1) is 0 Å². The van der Waals surface area contributed by atoms with Gasteiger partial charge in [0.2, 0.25) is 0 Å². The Bertz CT molecular complexity index is 3150. The monoisotopic (exact) mass is 703 g/mol. The largest absolute Gasteiger partial charge is 0.460 e. The second-order valence-electron chi connectivity index (χ2n) is 14.2. The number of benzene rings is 8. The highest BCUT2D eigenvalue weighted by Crippen LogP contribution is 2.43. The van der Waals surface area contributed by atoms with Crippen LogP contribution >= 0.6 is 0 Å². The normalized spacial score (nSPS) is 12.7. The number of nitrogens with zero attached hydrogens (tertiary/aromatic N) is 3. The Kier molecular flexibility index (Phi) is 7.27. The Morgan fingerprint density at radius 1 is 0.400 bits per heavy atom. The van der Waals surface area contributed by atoms with Gasteiger partial charge < -0.3 is 4.42 Å². The van der Waals surface area contributed by atoms with Crippen LogP contribution < -0.4 is 0 Å². The minimum absolute atomic E-state index is 0.635. The van der Waals surface area contributed by atoms with E-state index in [0.29, 0.717) is 17.5 Å². The summed E-state index contributed by atoms with van der Waals surface area (Å²) in [5.74, 6) is 2.97. The first-order valence-corrected chi connectivity index (χ1v) is 18.8. The Morgan fingerprint density at radius 2 is 1.00 bits per heavy atom. The van der Waals surface area contributed by atoms with Gasteiger partial charge in [-0.1, -0.05) is 158 Å². The minimum Gasteiger partial charge on any atom is -0.460 e. The topological polar surface area (TPSA) is 51.8 Å². The molecule has 4 nitrogen and oxygen atoms in total. The minimum atomic E-state index is 0.635. The Balaban J connectivity index is 1.07. The quantitative estimate of drug-likeness (QED) is 0.179. The SMILES string of the molecule is C1=C(c2ccc(-c3nc(-c4ccc(-c5cccc6ccccc56)cc4)nc(-c4ccc5ccccc5c4)n3)c3ccccc23)c2c(oc3ccccc23)CC1. The first kappa shape index (κ1) is 31.4. The van der Waals surface area contributed by atoms with Crippen LogP contribution in [-0.4, -0.2) is 15.0 Å². The van der Waals surface area contributed by atoms with Crippen LogP contribution in [0.2, 0.25) is 0 Å². The fourth-order valence-electron chi connectivity index (χ4n) is 8.35. The average molecular weight is 704 g/mol. The molecule has 0 saturated heterocycles. The molecule has 1 aliphatic rings. The lowest BCUT2D eigenvalue weighted by Crippen LogP contribution is -2.02. The summed E-state index contributed by atoms with van der Waals surface area (Å²) in [4.78, 5) is 15.6. The van der Waals surface area contributed by atoms with Crippen LogP contribution in [0.1, 0.15) is 23.3 Å². The molecule has 0 radical (unpaired) electrons. The number of hydrogen-bond acceptors (Lipinski definition) is 4. The van der Waals surface area contributed by atoms with E-state index in [1.807, 2.05) is 6.07 Å². The first-order valence-electron chi connectivity index (χ1n) is 18.8. The molecule has 0 N–H and O–H groups in total. The van der Waals surface area contributed by atoms with Crippen molar-refractivity contribution in [2.24, 2.45) is 0 Å². The Morgan fingerprint density at radius 3 is 1.84 bits per heavy atom. The zero-order chi connectivity index (χ0) is 36.3. The lowest BCUT2D eigenvalue weighted by Gasteiger charge is -2.18. The van der Waals surface area contributed by atoms with E-state index in [4.69, 9.17) is 19.4 Å². The predicted octanol–water partition coefficient (Wildman–Crippen LogP) is 13.1. The summed E-state index contributed by atoms with van der Waals surface area (Å²) in [6, 6.07) is 59.8. The van der Waals surface area contributed by atoms with Gasteiger partial charge in [0.15, 0.2) is 17.5 Å². The molecule has 2 aromatic heterocycles. The van der Waals surface area contributed by atoms with Gasteiger partial charge >= 0.3 is 0 Å². The third-order valence-electron chi connectivity index (χ3n) is 11.0. The Labute approximate surface area is 318 Å². The van der Waals surface area contributed by atoms with Gasteiger partial charge in [-0.25, -0.2) is 15.0 Å². The van der Waals surface area contributed by atoms with Crippen LogP contribution in [0.4, 0.5) is 0 Å². The highest BCUT2D eigenvalue weighted by molar-refractivity contribution is 6.08. The average Bonchev–Trinajstić information content (AvgIpc) is 3.65. The van der Waals surface area contributed by atoms with Crippen molar-refractivity contribution in [3.8, 4) is 45.3 Å². The van der Waals surface area contributed by atoms with Crippen molar-refractivity contribution in [3.63, 3.8) is 0 Å². The molecule has 2 heterocycles. The fourth-order valence-corrected chi connectivity index (χ4v) is 8.35. The van der Waals surface area contributed by atoms with E-state index in [9.17, 15) is 0 Å². The zero-order valence-corrected chi connectivity index (χ0v) is 29.9. The number of aromatic nitrogens is 3. The molecule has 0 atom stereocenters. The molecule has 0 amide bonds. The summed E-state index contributed by atoms with van der Waals surface area (Å²) in [5.41, 5.74) is 9.73. The maximum atomic E-state index is 6.37. The maximum absolute atomic E-state index is 6.37. The number of aryl methyl sites for hydroxylation is 1. The molecule has 0 aliphatic heterocycles. The number of furan rings is 1. The zero-order valence-electron chi connectivity index (χ0n) is 29.9. The highest BCUT2D eigenvalue weighted by atomic mass is 16.3. The Hall–Kier alpha value is -7.17. The van der Waals surface area contributed by atoms with Gasteiger partial charge in [0.05, 0.1) is 0 Å². The molecule has 0 fully saturated rings. The molecule has 0 unspecified atom stereocenters. The third kappa shape index (κ3) is 5.33. The van der Waals surface area contributed by atoms with E-state index in [0.717, 1.165) is 68.0 Å². The first-order chi connectivity index (χ1) is 27.2. The summed E-state index contributed by atoms with van der Waals surface area (Å²) in [6.45, 7) is 0. The van der Waals surface area contributed by atoms with E-state index in [1.54, 1.807) is 0 Å². The van der Waals surface area contributed by atoms with Crippen LogP contribution in [0.25, 0.3) is 94.2 Å². The molecule has 258 valence electrons. The second kappa shape index (κ2) is 12.8. The van der Waals surface area contributed by atoms with Crippen molar-refractivity contribution in [2.75, 3.05) is 0 Å². The van der Waals surface area contributed by atoms with Crippen molar-refractivity contribution in [3.05, 3.63) is 193 Å². The van der Waals surface area contributed by atoms with Gasteiger partial charge in [-0.15, -0.1) is 0 Å². The van der Waals surface area contributed by atoms with E-state index in [1.165, 1.54) is 38.4 Å². The lowest BCUT2D eigenvalue weighted by atomic mass is 9.86. The molecular formula is C51H33N3O. The van der Waals surface area contributed by atoms with Gasteiger partial charge in [-0.05, 0) is 79.2 Å². The van der Waals surface area contributed by atoms with Crippen molar-refractivity contribution in [1.82, 2.24) is 15.0 Å². The number of fused-ring (bicyclic) bond motifs is 6. The summed E-state index contributed by atoms with van der Waals surface area (Å²) < 4.78 is 6.37. The second-order valence-corrected chi connectivity index (χ2v) is 14.2. The maximum Gasteiger partial charge on any atom is 0.164 e. The predicted molar refractivity (Wildman–Crippen MR) is 226 cm³/mol. The van der Waals surface area contributed by atoms with Gasteiger partial charge in [0.1, 0.15) is 11.3 Å². The van der Waals surface area contributed by atoms with Crippen LogP contribution in [-0.2, 0) is 6.42 Å². The molecular weight excluding hydrogens is 671 g/mol. The molecule has 0 bridgehead atoms. The van der Waals surface area contributed by atoms with E-state index >= 15 is 0 Å². The number of hydrogen-bond donors (Lipinski definition) is 0. The molecule has 10 aromatic rings. The molecule has 1 aliphatic carbocycles. The smallest absolute Gasteiger partial charge is 0.164 e. The highest BCUT2D eigenvalue weighted by Gasteiger charge is 2.24. The van der Waals surface area contributed by atoms with Gasteiger partial charge in [0, 0.05) is 34.1 Å². The summed E-state index contributed by atoms with van der Waals surface area (Å²) in [5, 5.41) is 8.18. The molecule has 55 heavy (non-hydrogen) atoms. The number of rotatable bonds is 5. The fraction of sp³-hybridized carbons (Fsp3) is 0.0392. The van der Waals surface area contributed by atoms with Crippen molar-refractivity contribution in [2.45, 2.75) is 12.8 Å². The molecule has 0 spiro atoms. The van der Waals surface area contributed by atoms with Crippen molar-refractivity contribution in [1.29, 1.82) is 0 Å². The van der Waals surface area contributed by atoms with Gasteiger partial charge in [0.25, 0.3) is 0 Å². The molecule has 4 heteroatoms. The summed E-state index contributed by atoms with van der Waals surface area (Å²) >= 11 is 0. The summed E-state index contributed by atoms with van der Waals surface area (Å²) in [6.07, 6.45) is 4.20. The third-order valence-corrected chi connectivity index (χ3v) is 11.0. The van der Waals surface area contributed by atoms with Crippen LogP contribution in [0.3, 0.4) is 0 Å². The van der Waals surface area contributed by atoms with Gasteiger partial charge in [-0.3, -0.25) is 0 Å². The van der Waals surface area contributed by atoms with Gasteiger partial charge in [-0.2, -0.15) is 0 Å². The van der Waals surface area contributed by atoms with E-state index < -0.39 is 0 Å². The van der Waals surface area contributed by atoms with Crippen molar-refractivity contribution >= 4 is 48.9 Å². The van der Waals surface area contributed by atoms with Crippen LogP contribution in [0.15, 0.2) is 180 Å². The standard InChI is InChI=1S/C51H33N3O/c1-2-13-36-31-37(28-23-32(36)11-1)50-52-49(35-26-24-34(25-27-35)39-19-9-14-33-12-3-4-15-38(33)39)53-51(54-50)44-30-29-42(40-16-5-6-17-41(40)44)43-20-10-22-47-48(43)45-18-7-8-21-46(45)55-47/h1-9,11-21,23-31H,10,22H2. The van der Waals surface area contributed by atoms with Crippen molar-refractivity contribution < 1.29 is 4.42 Å².